The van der Waals surface area contributed by atoms with Gasteiger partial charge in [0.2, 0.25) is 0 Å². The molecule has 1 aromatic heterocycles. The Bertz CT molecular complexity index is 743. The van der Waals surface area contributed by atoms with Gasteiger partial charge in [0.1, 0.15) is 18.9 Å². The van der Waals surface area contributed by atoms with Gasteiger partial charge in [0, 0.05) is 19.6 Å². The number of halogens is 1. The first-order valence-corrected chi connectivity index (χ1v) is 8.79. The third-order valence-corrected chi connectivity index (χ3v) is 4.92. The fraction of sp³-hybridized carbons (Fsp3) is 0.500. The van der Waals surface area contributed by atoms with E-state index in [2.05, 4.69) is 37.2 Å². The van der Waals surface area contributed by atoms with Gasteiger partial charge in [0.15, 0.2) is 11.5 Å². The number of aromatic nitrogens is 3. The van der Waals surface area contributed by atoms with Crippen LogP contribution < -0.4 is 9.47 Å². The quantitative estimate of drug-likeness (QED) is 0.853. The van der Waals surface area contributed by atoms with Crippen molar-refractivity contribution in [3.8, 4) is 11.5 Å². The van der Waals surface area contributed by atoms with E-state index in [9.17, 15) is 5.11 Å². The number of likely N-dealkylation sites (tertiary alicyclic amines) is 1. The van der Waals surface area contributed by atoms with Crippen LogP contribution in [0.2, 0.25) is 0 Å². The Morgan fingerprint density at radius 1 is 1.33 bits per heavy atom. The van der Waals surface area contributed by atoms with E-state index in [-0.39, 0.29) is 0 Å². The molecule has 1 saturated heterocycles. The molecule has 3 heterocycles. The number of aliphatic hydroxyl groups excluding tert-OH is 1. The smallest absolute Gasteiger partial charge is 0.175 e. The lowest BCUT2D eigenvalue weighted by atomic mass is 10.1. The van der Waals surface area contributed by atoms with E-state index >= 15 is 0 Å². The van der Waals surface area contributed by atoms with E-state index in [1.165, 1.54) is 5.56 Å². The molecule has 0 saturated carbocycles. The Morgan fingerprint density at radius 3 is 2.88 bits per heavy atom. The molecule has 1 N–H and O–H groups in total. The van der Waals surface area contributed by atoms with Gasteiger partial charge in [-0.1, -0.05) is 5.21 Å². The lowest BCUT2D eigenvalue weighted by Gasteiger charge is -2.39. The van der Waals surface area contributed by atoms with Crippen molar-refractivity contribution < 1.29 is 14.6 Å². The van der Waals surface area contributed by atoms with Crippen molar-refractivity contribution in [1.82, 2.24) is 19.9 Å². The zero-order valence-corrected chi connectivity index (χ0v) is 14.9. The predicted octanol–water partition coefficient (Wildman–Crippen LogP) is 1.92. The van der Waals surface area contributed by atoms with Crippen LogP contribution in [0.5, 0.6) is 11.5 Å². The van der Waals surface area contributed by atoms with Crippen molar-refractivity contribution >= 4 is 15.9 Å². The third-order valence-electron chi connectivity index (χ3n) is 4.33. The monoisotopic (exact) mass is 394 g/mol. The largest absolute Gasteiger partial charge is 0.486 e. The number of benzene rings is 1. The highest BCUT2D eigenvalue weighted by Gasteiger charge is 2.30. The minimum Gasteiger partial charge on any atom is -0.486 e. The zero-order valence-electron chi connectivity index (χ0n) is 13.4. The highest BCUT2D eigenvalue weighted by molar-refractivity contribution is 9.10. The van der Waals surface area contributed by atoms with Gasteiger partial charge in [-0.05, 0) is 40.5 Å². The van der Waals surface area contributed by atoms with Crippen LogP contribution in [0.3, 0.4) is 0 Å². The highest BCUT2D eigenvalue weighted by Crippen LogP contribution is 2.39. The van der Waals surface area contributed by atoms with Crippen molar-refractivity contribution in [2.45, 2.75) is 25.6 Å². The molecule has 0 spiro atoms. The molecule has 7 nitrogen and oxygen atoms in total. The predicted molar refractivity (Wildman–Crippen MR) is 90.1 cm³/mol. The van der Waals surface area contributed by atoms with Gasteiger partial charge in [-0.2, -0.15) is 0 Å². The van der Waals surface area contributed by atoms with E-state index in [1.54, 1.807) is 6.92 Å². The Morgan fingerprint density at radius 2 is 2.12 bits per heavy atom. The maximum atomic E-state index is 9.53. The second-order valence-electron chi connectivity index (χ2n) is 6.25. The summed E-state index contributed by atoms with van der Waals surface area (Å²) >= 11 is 3.56. The maximum Gasteiger partial charge on any atom is 0.175 e. The van der Waals surface area contributed by atoms with Crippen molar-refractivity contribution in [3.63, 3.8) is 0 Å². The summed E-state index contributed by atoms with van der Waals surface area (Å²) in [7, 11) is 0. The lowest BCUT2D eigenvalue weighted by Crippen LogP contribution is -2.47. The number of fused-ring (bicyclic) bond motifs is 1. The lowest BCUT2D eigenvalue weighted by molar-refractivity contribution is 0.0892. The molecule has 1 fully saturated rings. The fourth-order valence-corrected chi connectivity index (χ4v) is 3.62. The number of ether oxygens (including phenoxy) is 2. The molecule has 2 aromatic rings. The average molecular weight is 395 g/mol. The van der Waals surface area contributed by atoms with E-state index in [1.807, 2.05) is 16.9 Å². The zero-order chi connectivity index (χ0) is 16.7. The number of nitrogens with zero attached hydrogens (tertiary/aromatic N) is 4. The minimum atomic E-state index is -0.579. The molecule has 1 unspecified atom stereocenters. The van der Waals surface area contributed by atoms with Crippen molar-refractivity contribution in [3.05, 3.63) is 34.1 Å². The molecule has 8 heteroatoms. The van der Waals surface area contributed by atoms with E-state index in [4.69, 9.17) is 9.47 Å². The molecule has 0 bridgehead atoms. The van der Waals surface area contributed by atoms with E-state index < -0.39 is 6.10 Å². The molecular formula is C16H19BrN4O3. The first kappa shape index (κ1) is 15.9. The van der Waals surface area contributed by atoms with Crippen LogP contribution in [-0.4, -0.2) is 51.3 Å². The van der Waals surface area contributed by atoms with Crippen LogP contribution in [0.1, 0.15) is 30.3 Å². The molecular weight excluding hydrogens is 376 g/mol. The molecule has 24 heavy (non-hydrogen) atoms. The first-order valence-electron chi connectivity index (χ1n) is 8.00. The maximum absolute atomic E-state index is 9.53. The summed E-state index contributed by atoms with van der Waals surface area (Å²) in [5.41, 5.74) is 1.80. The van der Waals surface area contributed by atoms with Gasteiger partial charge >= 0.3 is 0 Å². The van der Waals surface area contributed by atoms with Crippen molar-refractivity contribution in [2.75, 3.05) is 26.3 Å². The molecule has 2 aliphatic heterocycles. The molecule has 0 radical (unpaired) electrons. The second kappa shape index (κ2) is 6.34. The summed E-state index contributed by atoms with van der Waals surface area (Å²) in [6.07, 6.45) is 1.25. The van der Waals surface area contributed by atoms with Gasteiger partial charge in [0.05, 0.1) is 22.8 Å². The number of hydrogen-bond donors (Lipinski definition) is 1. The van der Waals surface area contributed by atoms with Crippen LogP contribution in [0.4, 0.5) is 0 Å². The van der Waals surface area contributed by atoms with Crippen molar-refractivity contribution in [2.24, 2.45) is 0 Å². The Hall–Kier alpha value is -1.64. The van der Waals surface area contributed by atoms with Crippen LogP contribution in [0.25, 0.3) is 0 Å². The van der Waals surface area contributed by atoms with Crippen LogP contribution in [0.15, 0.2) is 22.8 Å². The number of hydrogen-bond acceptors (Lipinski definition) is 6. The second-order valence-corrected chi connectivity index (χ2v) is 7.10. The summed E-state index contributed by atoms with van der Waals surface area (Å²) in [6, 6.07) is 4.45. The summed E-state index contributed by atoms with van der Waals surface area (Å²) in [5, 5.41) is 17.6. The summed E-state index contributed by atoms with van der Waals surface area (Å²) < 4.78 is 14.1. The molecule has 128 valence electrons. The normalized spacial score (nSPS) is 19.1. The van der Waals surface area contributed by atoms with Crippen LogP contribution >= 0.6 is 15.9 Å². The Kier molecular flexibility index (Phi) is 4.19. The molecule has 0 aliphatic carbocycles. The minimum absolute atomic E-state index is 0.311. The summed E-state index contributed by atoms with van der Waals surface area (Å²) in [4.78, 5) is 2.34. The molecule has 1 aromatic carbocycles. The Labute approximate surface area is 148 Å². The van der Waals surface area contributed by atoms with Gasteiger partial charge in [0.25, 0.3) is 0 Å². The van der Waals surface area contributed by atoms with Crippen LogP contribution in [0, 0.1) is 0 Å². The summed E-state index contributed by atoms with van der Waals surface area (Å²) in [6.45, 7) is 5.55. The number of aliphatic hydroxyl groups is 1. The Balaban J connectivity index is 1.38. The molecule has 0 amide bonds. The number of rotatable bonds is 4. The average Bonchev–Trinajstić information content (AvgIpc) is 3.00. The fourth-order valence-electron chi connectivity index (χ4n) is 3.01. The highest BCUT2D eigenvalue weighted by atomic mass is 79.9. The molecule has 2 aliphatic rings. The van der Waals surface area contributed by atoms with E-state index in [0.29, 0.717) is 24.9 Å². The van der Waals surface area contributed by atoms with Crippen molar-refractivity contribution in [1.29, 1.82) is 0 Å². The molecule has 4 rings (SSSR count). The standard InChI is InChI=1S/C16H19BrN4O3/c1-10(22)14-9-21(19-18-14)12-7-20(8-12)6-11-4-13(17)16-15(5-11)23-2-3-24-16/h4-5,9-10,12,22H,2-3,6-8H2,1H3. The van der Waals surface area contributed by atoms with Gasteiger partial charge in [-0.25, -0.2) is 4.68 Å². The SMILES string of the molecule is CC(O)c1cn(C2CN(Cc3cc(Br)c4c(c3)OCCO4)C2)nn1. The third kappa shape index (κ3) is 3.01. The van der Waals surface area contributed by atoms with Gasteiger partial charge < -0.3 is 14.6 Å². The summed E-state index contributed by atoms with van der Waals surface area (Å²) in [5.74, 6) is 1.60. The van der Waals surface area contributed by atoms with E-state index in [0.717, 1.165) is 35.6 Å². The topological polar surface area (TPSA) is 72.6 Å². The first-order chi connectivity index (χ1) is 11.6. The van der Waals surface area contributed by atoms with Crippen LogP contribution in [-0.2, 0) is 6.54 Å². The van der Waals surface area contributed by atoms with Gasteiger partial charge in [-0.3, -0.25) is 4.90 Å². The molecule has 1 atom stereocenters. The van der Waals surface area contributed by atoms with Gasteiger partial charge in [-0.15, -0.1) is 5.10 Å².